The maximum atomic E-state index is 15.3. The summed E-state index contributed by atoms with van der Waals surface area (Å²) in [5, 5.41) is 17.2. The zero-order valence-electron chi connectivity index (χ0n) is 23.6. The van der Waals surface area contributed by atoms with E-state index in [-0.39, 0.29) is 37.8 Å². The normalized spacial score (nSPS) is 14.9. The molecule has 1 N–H and O–H groups in total. The predicted octanol–water partition coefficient (Wildman–Crippen LogP) is 7.56. The number of halogens is 4. The number of nitrogens with zero attached hydrogens (tertiary/aromatic N) is 3. The highest BCUT2D eigenvalue weighted by Crippen LogP contribution is 2.43. The number of carboxylic acids is 1. The quantitative estimate of drug-likeness (QED) is 0.201. The molecule has 7 nitrogen and oxygen atoms in total. The van der Waals surface area contributed by atoms with Crippen LogP contribution in [-0.2, 0) is 31.4 Å². The summed E-state index contributed by atoms with van der Waals surface area (Å²) >= 11 is 6.77. The summed E-state index contributed by atoms with van der Waals surface area (Å²) in [6, 6.07) is 13.1. The predicted molar refractivity (Wildman–Crippen MR) is 158 cm³/mol. The fraction of sp³-hybridized carbons (Fsp3) is 0.312. The van der Waals surface area contributed by atoms with E-state index in [0.717, 1.165) is 11.1 Å². The number of ether oxygens (including phenoxy) is 2. The molecule has 6 rings (SSSR count). The lowest BCUT2D eigenvalue weighted by molar-refractivity contribution is -0.0483. The van der Waals surface area contributed by atoms with Gasteiger partial charge in [-0.15, -0.1) is 0 Å². The molecule has 11 heteroatoms. The molecule has 0 aliphatic carbocycles. The smallest absolute Gasteiger partial charge is 0.352 e. The summed E-state index contributed by atoms with van der Waals surface area (Å²) in [7, 11) is 1.77. The van der Waals surface area contributed by atoms with Crippen LogP contribution in [0.3, 0.4) is 0 Å². The van der Waals surface area contributed by atoms with Crippen LogP contribution in [0.15, 0.2) is 48.5 Å². The molecule has 0 amide bonds. The highest BCUT2D eigenvalue weighted by atomic mass is 35.5. The molecular formula is C32H29ClF3N3O4. The van der Waals surface area contributed by atoms with Crippen molar-refractivity contribution in [1.29, 1.82) is 0 Å². The molecule has 43 heavy (non-hydrogen) atoms. The molecule has 3 aromatic carbocycles. The van der Waals surface area contributed by atoms with Crippen LogP contribution < -0.4 is 4.74 Å². The van der Waals surface area contributed by atoms with Gasteiger partial charge in [-0.05, 0) is 61.0 Å². The molecule has 2 aromatic heterocycles. The number of alkyl halides is 2. The third kappa shape index (κ3) is 5.34. The van der Waals surface area contributed by atoms with Gasteiger partial charge in [0, 0.05) is 41.1 Å². The average Bonchev–Trinajstić information content (AvgIpc) is 3.40. The van der Waals surface area contributed by atoms with E-state index < -0.39 is 24.9 Å². The number of aryl methyl sites for hydroxylation is 2. The molecule has 0 unspecified atom stereocenters. The molecule has 0 saturated carbocycles. The Kier molecular flexibility index (Phi) is 7.60. The van der Waals surface area contributed by atoms with Crippen molar-refractivity contribution in [1.82, 2.24) is 14.3 Å². The molecule has 1 aliphatic rings. The standard InChI is InChI=1S/C32H29ClF3N3O4/c1-18-27-25(37-38(18)2)16-42-14-12-32(35,36)17-39-29-23(10-11-24(33)28(27)29)22(30(39)31(40)41)6-4-13-43-26-7-3-5-19-15-20(34)8-9-21(19)26/h3,5,7-11,15H,4,6,12-14,16-17H2,1-2H3,(H,40,41). The van der Waals surface area contributed by atoms with Gasteiger partial charge >= 0.3 is 5.97 Å². The zero-order chi connectivity index (χ0) is 30.5. The number of carboxylic acid groups (broad SMARTS) is 1. The number of benzene rings is 3. The van der Waals surface area contributed by atoms with Gasteiger partial charge in [0.2, 0.25) is 0 Å². The average molecular weight is 612 g/mol. The summed E-state index contributed by atoms with van der Waals surface area (Å²) in [6.45, 7) is 1.02. The number of fused-ring (bicyclic) bond motifs is 3. The van der Waals surface area contributed by atoms with E-state index >= 15 is 8.78 Å². The van der Waals surface area contributed by atoms with Crippen LogP contribution in [0.25, 0.3) is 32.8 Å². The van der Waals surface area contributed by atoms with E-state index in [1.165, 1.54) is 16.7 Å². The van der Waals surface area contributed by atoms with Crippen LogP contribution in [0.4, 0.5) is 13.2 Å². The van der Waals surface area contributed by atoms with E-state index in [9.17, 15) is 14.3 Å². The van der Waals surface area contributed by atoms with Crippen molar-refractivity contribution >= 4 is 39.2 Å². The monoisotopic (exact) mass is 611 g/mol. The summed E-state index contributed by atoms with van der Waals surface area (Å²) in [4.78, 5) is 12.8. The molecule has 1 aliphatic heterocycles. The minimum absolute atomic E-state index is 0.0112. The first-order valence-corrected chi connectivity index (χ1v) is 14.3. The number of hydrogen-bond donors (Lipinski definition) is 1. The lowest BCUT2D eigenvalue weighted by Gasteiger charge is -2.20. The molecule has 224 valence electrons. The second-order valence-corrected chi connectivity index (χ2v) is 11.2. The van der Waals surface area contributed by atoms with Crippen LogP contribution in [0, 0.1) is 12.7 Å². The highest BCUT2D eigenvalue weighted by Gasteiger charge is 2.36. The molecule has 3 heterocycles. The Balaban J connectivity index is 1.45. The first-order valence-electron chi connectivity index (χ1n) is 13.9. The number of hydrogen-bond acceptors (Lipinski definition) is 4. The van der Waals surface area contributed by atoms with Gasteiger partial charge in [-0.1, -0.05) is 29.8 Å². The van der Waals surface area contributed by atoms with Gasteiger partial charge in [-0.2, -0.15) is 5.10 Å². The maximum Gasteiger partial charge on any atom is 0.352 e. The summed E-state index contributed by atoms with van der Waals surface area (Å²) in [5.74, 6) is -4.33. The Bertz CT molecular complexity index is 1880. The lowest BCUT2D eigenvalue weighted by atomic mass is 9.98. The Labute approximate surface area is 250 Å². The molecule has 0 radical (unpaired) electrons. The van der Waals surface area contributed by atoms with Crippen LogP contribution in [0.2, 0.25) is 5.02 Å². The lowest BCUT2D eigenvalue weighted by Crippen LogP contribution is -2.27. The van der Waals surface area contributed by atoms with Crippen molar-refractivity contribution in [3.05, 3.63) is 82.0 Å². The van der Waals surface area contributed by atoms with E-state index in [2.05, 4.69) is 5.10 Å². The third-order valence-electron chi connectivity index (χ3n) is 8.01. The van der Waals surface area contributed by atoms with Crippen LogP contribution in [0.5, 0.6) is 5.75 Å². The second kappa shape index (κ2) is 11.2. The van der Waals surface area contributed by atoms with Gasteiger partial charge in [0.25, 0.3) is 5.92 Å². The Morgan fingerprint density at radius 3 is 2.74 bits per heavy atom. The van der Waals surface area contributed by atoms with Crippen molar-refractivity contribution in [3.63, 3.8) is 0 Å². The van der Waals surface area contributed by atoms with E-state index in [0.29, 0.717) is 55.9 Å². The fourth-order valence-electron chi connectivity index (χ4n) is 5.97. The van der Waals surface area contributed by atoms with Crippen molar-refractivity contribution in [3.8, 4) is 16.9 Å². The number of aromatic nitrogens is 3. The van der Waals surface area contributed by atoms with Crippen molar-refractivity contribution < 1.29 is 32.5 Å². The number of carbonyl (C=O) groups is 1. The van der Waals surface area contributed by atoms with Gasteiger partial charge in [-0.3, -0.25) is 4.68 Å². The van der Waals surface area contributed by atoms with Crippen molar-refractivity contribution in [2.45, 2.75) is 45.3 Å². The highest BCUT2D eigenvalue weighted by molar-refractivity contribution is 6.35. The van der Waals surface area contributed by atoms with Gasteiger partial charge in [0.1, 0.15) is 17.3 Å². The molecular weight excluding hydrogens is 583 g/mol. The minimum atomic E-state index is -3.24. The first kappa shape index (κ1) is 29.1. The van der Waals surface area contributed by atoms with Crippen LogP contribution in [-0.4, -0.2) is 44.6 Å². The SMILES string of the molecule is Cc1c2c(nn1C)COCCC(F)(F)Cn1c(C(=O)O)c(CCCOc3cccc4cc(F)ccc34)c3ccc(Cl)c-2c31. The van der Waals surface area contributed by atoms with Crippen LogP contribution >= 0.6 is 11.6 Å². The largest absolute Gasteiger partial charge is 0.493 e. The van der Waals surface area contributed by atoms with Gasteiger partial charge in [0.15, 0.2) is 0 Å². The van der Waals surface area contributed by atoms with E-state index in [1.54, 1.807) is 48.1 Å². The number of aromatic carboxylic acids is 1. The molecule has 0 bridgehead atoms. The van der Waals surface area contributed by atoms with Crippen molar-refractivity contribution in [2.24, 2.45) is 7.05 Å². The maximum absolute atomic E-state index is 15.3. The third-order valence-corrected chi connectivity index (χ3v) is 8.32. The molecule has 0 saturated heterocycles. The van der Waals surface area contributed by atoms with Gasteiger partial charge < -0.3 is 19.1 Å². The Morgan fingerprint density at radius 2 is 1.95 bits per heavy atom. The fourth-order valence-corrected chi connectivity index (χ4v) is 6.22. The summed E-state index contributed by atoms with van der Waals surface area (Å²) < 4.78 is 58.8. The number of rotatable bonds is 6. The van der Waals surface area contributed by atoms with Crippen molar-refractivity contribution in [2.75, 3.05) is 13.2 Å². The van der Waals surface area contributed by atoms with Crippen LogP contribution in [0.1, 0.15) is 40.3 Å². The Morgan fingerprint density at radius 1 is 1.16 bits per heavy atom. The molecule has 5 aromatic rings. The topological polar surface area (TPSA) is 78.5 Å². The summed E-state index contributed by atoms with van der Waals surface area (Å²) in [5.41, 5.74) is 2.92. The molecule has 0 atom stereocenters. The summed E-state index contributed by atoms with van der Waals surface area (Å²) in [6.07, 6.45) is 0.0659. The zero-order valence-corrected chi connectivity index (χ0v) is 24.3. The Hall–Kier alpha value is -4.02. The van der Waals surface area contributed by atoms with E-state index in [1.807, 2.05) is 6.92 Å². The second-order valence-electron chi connectivity index (χ2n) is 10.8. The molecule has 0 fully saturated rings. The van der Waals surface area contributed by atoms with E-state index in [4.69, 9.17) is 21.1 Å². The minimum Gasteiger partial charge on any atom is -0.493 e. The van der Waals surface area contributed by atoms with Gasteiger partial charge in [0.05, 0.1) is 42.6 Å². The van der Waals surface area contributed by atoms with Gasteiger partial charge in [-0.25, -0.2) is 18.0 Å². The molecule has 0 spiro atoms. The first-order chi connectivity index (χ1) is 20.6.